The maximum atomic E-state index is 5.27. The maximum absolute atomic E-state index is 5.27. The minimum atomic E-state index is 0.715. The molecular weight excluding hydrogens is 248 g/mol. The number of hydrogen-bond donors (Lipinski definition) is 1. The van der Waals surface area contributed by atoms with E-state index in [4.69, 9.17) is 4.74 Å². The van der Waals surface area contributed by atoms with Crippen LogP contribution < -0.4 is 5.32 Å². The summed E-state index contributed by atoms with van der Waals surface area (Å²) in [5.41, 5.74) is 0. The van der Waals surface area contributed by atoms with Crippen molar-refractivity contribution < 1.29 is 4.74 Å². The van der Waals surface area contributed by atoms with Crippen LogP contribution in [-0.4, -0.2) is 50.3 Å². The van der Waals surface area contributed by atoms with E-state index in [1.807, 2.05) is 0 Å². The van der Waals surface area contributed by atoms with Crippen molar-refractivity contribution in [3.05, 3.63) is 0 Å². The van der Waals surface area contributed by atoms with Gasteiger partial charge in [-0.15, -0.1) is 0 Å². The fourth-order valence-corrected chi connectivity index (χ4v) is 3.49. The summed E-state index contributed by atoms with van der Waals surface area (Å²) in [7, 11) is 1.81. The van der Waals surface area contributed by atoms with Crippen LogP contribution in [0, 0.1) is 11.8 Å². The molecule has 2 saturated carbocycles. The van der Waals surface area contributed by atoms with Crippen LogP contribution in [0.25, 0.3) is 0 Å². The van der Waals surface area contributed by atoms with Gasteiger partial charge in [-0.3, -0.25) is 4.90 Å². The lowest BCUT2D eigenvalue weighted by atomic mass is 10.1. The molecule has 118 valence electrons. The third kappa shape index (κ3) is 5.01. The van der Waals surface area contributed by atoms with Crippen molar-refractivity contribution in [2.75, 3.05) is 33.4 Å². The predicted molar refractivity (Wildman–Crippen MR) is 85.1 cm³/mol. The molecule has 2 aliphatic rings. The Hall–Kier alpha value is -0.120. The second-order valence-electron chi connectivity index (χ2n) is 6.65. The summed E-state index contributed by atoms with van der Waals surface area (Å²) in [5, 5.41) is 3.87. The molecule has 2 rings (SSSR count). The van der Waals surface area contributed by atoms with Gasteiger partial charge in [0.2, 0.25) is 0 Å². The van der Waals surface area contributed by atoms with Crippen molar-refractivity contribution in [2.24, 2.45) is 11.8 Å². The van der Waals surface area contributed by atoms with E-state index < -0.39 is 0 Å². The van der Waals surface area contributed by atoms with Gasteiger partial charge in [0.1, 0.15) is 0 Å². The van der Waals surface area contributed by atoms with Crippen molar-refractivity contribution in [3.63, 3.8) is 0 Å². The average Bonchev–Trinajstić information content (AvgIpc) is 3.34. The minimum absolute atomic E-state index is 0.715. The molecule has 3 heteroatoms. The zero-order valence-electron chi connectivity index (χ0n) is 13.7. The summed E-state index contributed by atoms with van der Waals surface area (Å²) < 4.78 is 5.27. The van der Waals surface area contributed by atoms with Crippen molar-refractivity contribution in [1.82, 2.24) is 10.2 Å². The zero-order chi connectivity index (χ0) is 14.4. The normalized spacial score (nSPS) is 19.5. The van der Waals surface area contributed by atoms with Crippen molar-refractivity contribution in [3.8, 4) is 0 Å². The number of methoxy groups -OCH3 is 1. The lowest BCUT2D eigenvalue weighted by Crippen LogP contribution is -2.44. The molecule has 2 fully saturated rings. The molecule has 0 unspecified atom stereocenters. The standard InChI is InChI=1S/C17H34N2O/c1-4-16(5-2)19(12-13-20-3)11-10-18-17(14-6-7-14)15-8-9-15/h14-18H,4-13H2,1-3H3. The number of nitrogens with zero attached hydrogens (tertiary/aromatic N) is 1. The zero-order valence-corrected chi connectivity index (χ0v) is 13.7. The number of rotatable bonds is 12. The van der Waals surface area contributed by atoms with Gasteiger partial charge in [-0.05, 0) is 50.4 Å². The van der Waals surface area contributed by atoms with Crippen LogP contribution in [0.1, 0.15) is 52.4 Å². The van der Waals surface area contributed by atoms with E-state index in [2.05, 4.69) is 24.1 Å². The number of ether oxygens (including phenoxy) is 1. The average molecular weight is 282 g/mol. The Morgan fingerprint density at radius 3 is 2.10 bits per heavy atom. The molecule has 0 aromatic rings. The highest BCUT2D eigenvalue weighted by atomic mass is 16.5. The van der Waals surface area contributed by atoms with Crippen LogP contribution in [0.5, 0.6) is 0 Å². The topological polar surface area (TPSA) is 24.5 Å². The second kappa shape index (κ2) is 8.35. The van der Waals surface area contributed by atoms with E-state index >= 15 is 0 Å². The summed E-state index contributed by atoms with van der Waals surface area (Å²) >= 11 is 0. The molecule has 0 radical (unpaired) electrons. The molecule has 0 aromatic carbocycles. The monoisotopic (exact) mass is 282 g/mol. The van der Waals surface area contributed by atoms with E-state index in [0.717, 1.165) is 37.6 Å². The molecule has 0 atom stereocenters. The lowest BCUT2D eigenvalue weighted by Gasteiger charge is -2.31. The molecule has 3 nitrogen and oxygen atoms in total. The largest absolute Gasteiger partial charge is 0.383 e. The van der Waals surface area contributed by atoms with Gasteiger partial charge in [0.25, 0.3) is 0 Å². The van der Waals surface area contributed by atoms with E-state index in [9.17, 15) is 0 Å². The van der Waals surface area contributed by atoms with Gasteiger partial charge in [0.15, 0.2) is 0 Å². The summed E-state index contributed by atoms with van der Waals surface area (Å²) in [5.74, 6) is 2.01. The van der Waals surface area contributed by atoms with Gasteiger partial charge in [-0.1, -0.05) is 13.8 Å². The van der Waals surface area contributed by atoms with Gasteiger partial charge in [0.05, 0.1) is 6.61 Å². The first-order valence-electron chi connectivity index (χ1n) is 8.76. The van der Waals surface area contributed by atoms with Crippen LogP contribution in [0.4, 0.5) is 0 Å². The van der Waals surface area contributed by atoms with Crippen LogP contribution >= 0.6 is 0 Å². The minimum Gasteiger partial charge on any atom is -0.383 e. The number of hydrogen-bond acceptors (Lipinski definition) is 3. The van der Waals surface area contributed by atoms with Gasteiger partial charge in [-0.25, -0.2) is 0 Å². The van der Waals surface area contributed by atoms with E-state index in [1.54, 1.807) is 7.11 Å². The van der Waals surface area contributed by atoms with Crippen LogP contribution in [-0.2, 0) is 4.74 Å². The van der Waals surface area contributed by atoms with Gasteiger partial charge >= 0.3 is 0 Å². The molecule has 0 aromatic heterocycles. The SMILES string of the molecule is CCC(CC)N(CCNC(C1CC1)C1CC1)CCOC. The lowest BCUT2D eigenvalue weighted by molar-refractivity contribution is 0.114. The highest BCUT2D eigenvalue weighted by molar-refractivity contribution is 4.96. The summed E-state index contributed by atoms with van der Waals surface area (Å²) in [6, 6.07) is 1.55. The predicted octanol–water partition coefficient (Wildman–Crippen LogP) is 2.90. The number of nitrogens with one attached hydrogen (secondary N) is 1. The molecule has 0 heterocycles. The molecule has 2 aliphatic carbocycles. The Bertz CT molecular complexity index is 248. The summed E-state index contributed by atoms with van der Waals surface area (Å²) in [6.07, 6.45) is 8.36. The smallest absolute Gasteiger partial charge is 0.0589 e. The highest BCUT2D eigenvalue weighted by Gasteiger charge is 2.40. The Morgan fingerprint density at radius 2 is 1.65 bits per heavy atom. The Labute approximate surface area is 125 Å². The molecule has 1 N–H and O–H groups in total. The Kier molecular flexibility index (Phi) is 6.79. The first-order chi connectivity index (χ1) is 9.80. The maximum Gasteiger partial charge on any atom is 0.0589 e. The molecule has 0 amide bonds. The van der Waals surface area contributed by atoms with Crippen molar-refractivity contribution >= 4 is 0 Å². The Balaban J connectivity index is 1.71. The first-order valence-corrected chi connectivity index (χ1v) is 8.76. The highest BCUT2D eigenvalue weighted by Crippen LogP contribution is 2.44. The first kappa shape index (κ1) is 16.3. The van der Waals surface area contributed by atoms with Gasteiger partial charge < -0.3 is 10.1 Å². The third-order valence-corrected chi connectivity index (χ3v) is 5.08. The van der Waals surface area contributed by atoms with Crippen LogP contribution in [0.3, 0.4) is 0 Å². The molecule has 0 bridgehead atoms. The fourth-order valence-electron chi connectivity index (χ4n) is 3.49. The summed E-state index contributed by atoms with van der Waals surface area (Å²) in [6.45, 7) is 8.86. The van der Waals surface area contributed by atoms with Crippen molar-refractivity contribution in [2.45, 2.75) is 64.5 Å². The fraction of sp³-hybridized carbons (Fsp3) is 1.00. The van der Waals surface area contributed by atoms with Gasteiger partial charge in [-0.2, -0.15) is 0 Å². The van der Waals surface area contributed by atoms with E-state index in [1.165, 1.54) is 45.1 Å². The van der Waals surface area contributed by atoms with Gasteiger partial charge in [0, 0.05) is 38.8 Å². The third-order valence-electron chi connectivity index (χ3n) is 5.08. The molecule has 0 saturated heterocycles. The molecular formula is C17H34N2O. The van der Waals surface area contributed by atoms with Crippen LogP contribution in [0.15, 0.2) is 0 Å². The van der Waals surface area contributed by atoms with E-state index in [-0.39, 0.29) is 0 Å². The Morgan fingerprint density at radius 1 is 1.05 bits per heavy atom. The summed E-state index contributed by atoms with van der Waals surface area (Å²) in [4.78, 5) is 2.62. The second-order valence-corrected chi connectivity index (χ2v) is 6.65. The molecule has 0 spiro atoms. The van der Waals surface area contributed by atoms with E-state index in [0.29, 0.717) is 6.04 Å². The van der Waals surface area contributed by atoms with Crippen LogP contribution in [0.2, 0.25) is 0 Å². The van der Waals surface area contributed by atoms with Crippen molar-refractivity contribution in [1.29, 1.82) is 0 Å². The molecule has 0 aliphatic heterocycles. The molecule has 20 heavy (non-hydrogen) atoms. The quantitative estimate of drug-likeness (QED) is 0.596.